The van der Waals surface area contributed by atoms with Crippen LogP contribution in [0.3, 0.4) is 0 Å². The van der Waals surface area contributed by atoms with E-state index in [1.54, 1.807) is 6.92 Å². The highest BCUT2D eigenvalue weighted by Crippen LogP contribution is 2.40. The van der Waals surface area contributed by atoms with E-state index in [4.69, 9.17) is 0 Å². The molecule has 0 aliphatic carbocycles. The molecule has 88 valence electrons. The van der Waals surface area contributed by atoms with Gasteiger partial charge in [0.05, 0.1) is 0 Å². The monoisotopic (exact) mass is 210 g/mol. The molecule has 0 rings (SSSR count). The van der Waals surface area contributed by atoms with Gasteiger partial charge in [0.15, 0.2) is 0 Å². The lowest BCUT2D eigenvalue weighted by Gasteiger charge is -2.37. The van der Waals surface area contributed by atoms with Crippen LogP contribution in [0.25, 0.3) is 0 Å². The predicted octanol–water partition coefficient (Wildman–Crippen LogP) is 4.23. The van der Waals surface area contributed by atoms with Crippen molar-refractivity contribution in [1.29, 1.82) is 0 Å². The molecule has 0 aromatic heterocycles. The van der Waals surface area contributed by atoms with Crippen LogP contribution in [0.1, 0.15) is 54.4 Å². The fourth-order valence-electron chi connectivity index (χ4n) is 2.56. The van der Waals surface area contributed by atoms with Gasteiger partial charge in [-0.2, -0.15) is 0 Å². The van der Waals surface area contributed by atoms with Crippen LogP contribution in [0.4, 0.5) is 0 Å². The highest BCUT2D eigenvalue weighted by atomic mass is 16.1. The van der Waals surface area contributed by atoms with Gasteiger partial charge < -0.3 is 0 Å². The van der Waals surface area contributed by atoms with Crippen molar-refractivity contribution in [1.82, 2.24) is 0 Å². The van der Waals surface area contributed by atoms with Crippen molar-refractivity contribution in [2.75, 3.05) is 0 Å². The Morgan fingerprint density at radius 3 is 2.20 bits per heavy atom. The summed E-state index contributed by atoms with van der Waals surface area (Å²) in [6.07, 6.45) is 6.53. The first-order valence-electron chi connectivity index (χ1n) is 6.07. The molecular formula is C14H26O. The number of allylic oxidation sites excluding steroid dienone is 2. The van der Waals surface area contributed by atoms with Crippen molar-refractivity contribution in [3.8, 4) is 0 Å². The summed E-state index contributed by atoms with van der Waals surface area (Å²) in [5.41, 5.74) is 0.161. The minimum absolute atomic E-state index is 0.161. The zero-order valence-electron chi connectivity index (χ0n) is 11.1. The van der Waals surface area contributed by atoms with Crippen LogP contribution >= 0.6 is 0 Å². The Labute approximate surface area is 95.0 Å². The van der Waals surface area contributed by atoms with Gasteiger partial charge >= 0.3 is 0 Å². The van der Waals surface area contributed by atoms with Gasteiger partial charge in [0.1, 0.15) is 5.78 Å². The summed E-state index contributed by atoms with van der Waals surface area (Å²) in [5.74, 6) is 0.929. The van der Waals surface area contributed by atoms with Crippen molar-refractivity contribution in [2.45, 2.75) is 54.4 Å². The maximum Gasteiger partial charge on any atom is 0.132 e. The third kappa shape index (κ3) is 3.48. The molecule has 0 spiro atoms. The fraction of sp³-hybridized carbons (Fsp3) is 0.786. The second-order valence-corrected chi connectivity index (χ2v) is 4.77. The third-order valence-corrected chi connectivity index (χ3v) is 3.84. The number of ketones is 1. The molecule has 0 saturated heterocycles. The van der Waals surface area contributed by atoms with Gasteiger partial charge in [0.25, 0.3) is 0 Å². The molecule has 0 N–H and O–H groups in total. The Morgan fingerprint density at radius 1 is 1.40 bits per heavy atom. The molecule has 0 bridgehead atoms. The zero-order chi connectivity index (χ0) is 12.1. The Morgan fingerprint density at radius 2 is 1.93 bits per heavy atom. The molecule has 3 unspecified atom stereocenters. The van der Waals surface area contributed by atoms with Crippen LogP contribution < -0.4 is 0 Å². The SMILES string of the molecule is C/C=C/C(C)(CC)C(CC)C(C)C(C)=O. The number of hydrogen-bond donors (Lipinski definition) is 0. The van der Waals surface area contributed by atoms with E-state index in [1.165, 1.54) is 0 Å². The summed E-state index contributed by atoms with van der Waals surface area (Å²) in [7, 11) is 0. The van der Waals surface area contributed by atoms with Gasteiger partial charge in [-0.15, -0.1) is 0 Å². The maximum absolute atomic E-state index is 11.5. The topological polar surface area (TPSA) is 17.1 Å². The number of rotatable bonds is 6. The molecular weight excluding hydrogens is 184 g/mol. The molecule has 0 aliphatic rings. The van der Waals surface area contributed by atoms with E-state index in [-0.39, 0.29) is 11.3 Å². The van der Waals surface area contributed by atoms with E-state index in [0.29, 0.717) is 11.7 Å². The highest BCUT2D eigenvalue weighted by Gasteiger charge is 2.34. The summed E-state index contributed by atoms with van der Waals surface area (Å²) < 4.78 is 0. The lowest BCUT2D eigenvalue weighted by Crippen LogP contribution is -2.32. The van der Waals surface area contributed by atoms with Gasteiger partial charge in [-0.05, 0) is 31.6 Å². The van der Waals surface area contributed by atoms with Crippen molar-refractivity contribution < 1.29 is 4.79 Å². The van der Waals surface area contributed by atoms with Gasteiger partial charge in [-0.1, -0.05) is 46.3 Å². The normalized spacial score (nSPS) is 19.9. The van der Waals surface area contributed by atoms with Crippen LogP contribution in [0.2, 0.25) is 0 Å². The minimum atomic E-state index is 0.161. The molecule has 0 aromatic rings. The van der Waals surface area contributed by atoms with E-state index >= 15 is 0 Å². The van der Waals surface area contributed by atoms with Crippen molar-refractivity contribution >= 4 is 5.78 Å². The number of carbonyl (C=O) groups is 1. The lowest BCUT2D eigenvalue weighted by molar-refractivity contribution is -0.123. The molecule has 1 heteroatoms. The quantitative estimate of drug-likeness (QED) is 0.600. The van der Waals surface area contributed by atoms with Gasteiger partial charge in [0.2, 0.25) is 0 Å². The van der Waals surface area contributed by atoms with Crippen molar-refractivity contribution in [2.24, 2.45) is 17.3 Å². The second-order valence-electron chi connectivity index (χ2n) is 4.77. The van der Waals surface area contributed by atoms with Gasteiger partial charge in [-0.3, -0.25) is 4.79 Å². The molecule has 0 aromatic carbocycles. The van der Waals surface area contributed by atoms with Crippen molar-refractivity contribution in [3.05, 3.63) is 12.2 Å². The molecule has 0 saturated carbocycles. The smallest absolute Gasteiger partial charge is 0.132 e. The molecule has 1 nitrogen and oxygen atoms in total. The highest BCUT2D eigenvalue weighted by molar-refractivity contribution is 5.78. The van der Waals surface area contributed by atoms with E-state index < -0.39 is 0 Å². The van der Waals surface area contributed by atoms with Crippen LogP contribution in [0.15, 0.2) is 12.2 Å². The standard InChI is InChI=1S/C14H26O/c1-7-10-14(6,9-3)13(8-2)11(4)12(5)15/h7,10-11,13H,8-9H2,1-6H3/b10-7+. The summed E-state index contributed by atoms with van der Waals surface area (Å²) >= 11 is 0. The van der Waals surface area contributed by atoms with E-state index in [0.717, 1.165) is 12.8 Å². The largest absolute Gasteiger partial charge is 0.300 e. The van der Waals surface area contributed by atoms with Crippen LogP contribution in [-0.2, 0) is 4.79 Å². The third-order valence-electron chi connectivity index (χ3n) is 3.84. The van der Waals surface area contributed by atoms with Crippen LogP contribution in [-0.4, -0.2) is 5.78 Å². The first-order chi connectivity index (χ1) is 6.92. The average molecular weight is 210 g/mol. The first-order valence-corrected chi connectivity index (χ1v) is 6.07. The van der Waals surface area contributed by atoms with E-state index in [2.05, 4.69) is 46.8 Å². The molecule has 0 fully saturated rings. The Balaban J connectivity index is 4.98. The molecule has 0 radical (unpaired) electrons. The predicted molar refractivity (Wildman–Crippen MR) is 66.8 cm³/mol. The average Bonchev–Trinajstić information content (AvgIpc) is 2.18. The van der Waals surface area contributed by atoms with Crippen molar-refractivity contribution in [3.63, 3.8) is 0 Å². The molecule has 3 atom stereocenters. The maximum atomic E-state index is 11.5. The van der Waals surface area contributed by atoms with Gasteiger partial charge in [-0.25, -0.2) is 0 Å². The summed E-state index contributed by atoms with van der Waals surface area (Å²) in [6.45, 7) is 12.5. The summed E-state index contributed by atoms with van der Waals surface area (Å²) in [4.78, 5) is 11.5. The van der Waals surface area contributed by atoms with E-state index in [9.17, 15) is 4.79 Å². The van der Waals surface area contributed by atoms with Gasteiger partial charge in [0, 0.05) is 5.92 Å². The fourth-order valence-corrected chi connectivity index (χ4v) is 2.56. The zero-order valence-corrected chi connectivity index (χ0v) is 11.1. The lowest BCUT2D eigenvalue weighted by atomic mass is 9.67. The van der Waals surface area contributed by atoms with E-state index in [1.807, 2.05) is 0 Å². The Hall–Kier alpha value is -0.590. The summed E-state index contributed by atoms with van der Waals surface area (Å²) in [6, 6.07) is 0. The number of Topliss-reactive ketones (excluding diaryl/α,β-unsaturated/α-hetero) is 1. The number of hydrogen-bond acceptors (Lipinski definition) is 1. The number of carbonyl (C=O) groups excluding carboxylic acids is 1. The molecule has 15 heavy (non-hydrogen) atoms. The van der Waals surface area contributed by atoms with Crippen LogP contribution in [0, 0.1) is 17.3 Å². The Kier molecular flexibility index (Phi) is 5.85. The molecule has 0 aliphatic heterocycles. The second kappa shape index (κ2) is 6.09. The minimum Gasteiger partial charge on any atom is -0.300 e. The first kappa shape index (κ1) is 14.4. The van der Waals surface area contributed by atoms with Crippen LogP contribution in [0.5, 0.6) is 0 Å². The molecule has 0 amide bonds. The Bertz CT molecular complexity index is 229. The molecule has 0 heterocycles. The summed E-state index contributed by atoms with van der Waals surface area (Å²) in [5, 5.41) is 0.